The summed E-state index contributed by atoms with van der Waals surface area (Å²) < 4.78 is 0. The highest BCUT2D eigenvalue weighted by atomic mass is 16.2. The van der Waals surface area contributed by atoms with Crippen LogP contribution < -0.4 is 11.3 Å². The molecule has 0 bridgehead atoms. The van der Waals surface area contributed by atoms with Crippen LogP contribution >= 0.6 is 0 Å². The topological polar surface area (TPSA) is 58.4 Å². The minimum atomic E-state index is -0.0467. The summed E-state index contributed by atoms with van der Waals surface area (Å²) in [7, 11) is 0. The zero-order chi connectivity index (χ0) is 12.3. The molecule has 0 aromatic heterocycles. The van der Waals surface area contributed by atoms with Gasteiger partial charge in [-0.05, 0) is 45.1 Å². The molecule has 17 heavy (non-hydrogen) atoms. The molecule has 98 valence electrons. The lowest BCUT2D eigenvalue weighted by Gasteiger charge is -2.34. The van der Waals surface area contributed by atoms with Gasteiger partial charge >= 0.3 is 0 Å². The van der Waals surface area contributed by atoms with Crippen molar-refractivity contribution >= 4 is 5.91 Å². The Bertz CT molecular complexity index is 263. The van der Waals surface area contributed by atoms with Crippen LogP contribution in [0.4, 0.5) is 0 Å². The van der Waals surface area contributed by atoms with E-state index in [1.54, 1.807) is 0 Å². The van der Waals surface area contributed by atoms with Gasteiger partial charge in [0.1, 0.15) is 0 Å². The highest BCUT2D eigenvalue weighted by molar-refractivity contribution is 5.75. The molecule has 2 fully saturated rings. The second kappa shape index (κ2) is 5.83. The molecule has 2 aliphatic rings. The molecular weight excluding hydrogens is 214 g/mol. The summed E-state index contributed by atoms with van der Waals surface area (Å²) in [4.78, 5) is 13.9. The molecule has 1 heterocycles. The van der Waals surface area contributed by atoms with Gasteiger partial charge in [-0.25, -0.2) is 5.84 Å². The van der Waals surface area contributed by atoms with E-state index in [1.165, 1.54) is 38.5 Å². The minimum absolute atomic E-state index is 0.0467. The van der Waals surface area contributed by atoms with E-state index in [0.717, 1.165) is 18.5 Å². The van der Waals surface area contributed by atoms with Crippen molar-refractivity contribution in [1.82, 2.24) is 10.3 Å². The first kappa shape index (κ1) is 12.8. The number of hydrogen-bond donors (Lipinski definition) is 2. The van der Waals surface area contributed by atoms with E-state index >= 15 is 0 Å². The fraction of sp³-hybridized carbons (Fsp3) is 0.923. The Balaban J connectivity index is 1.91. The maximum absolute atomic E-state index is 11.3. The lowest BCUT2D eigenvalue weighted by molar-refractivity contribution is -0.122. The number of nitrogens with two attached hydrogens (primary N) is 1. The van der Waals surface area contributed by atoms with Crippen molar-refractivity contribution in [3.63, 3.8) is 0 Å². The second-order valence-electron chi connectivity index (χ2n) is 5.61. The first-order valence-electron chi connectivity index (χ1n) is 6.97. The number of hydrogen-bond acceptors (Lipinski definition) is 3. The number of nitrogens with zero attached hydrogens (tertiary/aromatic N) is 1. The van der Waals surface area contributed by atoms with E-state index in [9.17, 15) is 4.79 Å². The smallest absolute Gasteiger partial charge is 0.235 e. The van der Waals surface area contributed by atoms with E-state index in [-0.39, 0.29) is 5.91 Å². The number of rotatable bonds is 4. The number of nitrogens with one attached hydrogen (secondary N) is 1. The van der Waals surface area contributed by atoms with E-state index in [1.807, 2.05) is 0 Å². The van der Waals surface area contributed by atoms with Crippen LogP contribution in [-0.4, -0.2) is 29.4 Å². The third kappa shape index (κ3) is 2.99. The summed E-state index contributed by atoms with van der Waals surface area (Å²) in [5, 5.41) is 0. The van der Waals surface area contributed by atoms with Crippen LogP contribution in [0.2, 0.25) is 0 Å². The fourth-order valence-electron chi connectivity index (χ4n) is 3.66. The van der Waals surface area contributed by atoms with Gasteiger partial charge in [0.05, 0.1) is 0 Å². The predicted octanol–water partition coefficient (Wildman–Crippen LogP) is 1.41. The number of amides is 1. The van der Waals surface area contributed by atoms with Gasteiger partial charge < -0.3 is 0 Å². The Morgan fingerprint density at radius 1 is 1.35 bits per heavy atom. The number of hydrazine groups is 1. The molecule has 4 heteroatoms. The molecule has 1 aliphatic carbocycles. The van der Waals surface area contributed by atoms with Crippen molar-refractivity contribution < 1.29 is 4.79 Å². The first-order chi connectivity index (χ1) is 8.22. The van der Waals surface area contributed by atoms with Crippen LogP contribution in [0.15, 0.2) is 0 Å². The van der Waals surface area contributed by atoms with Gasteiger partial charge in [0.2, 0.25) is 5.91 Å². The highest BCUT2D eigenvalue weighted by Gasteiger charge is 2.35. The van der Waals surface area contributed by atoms with E-state index in [4.69, 9.17) is 5.84 Å². The molecule has 3 N–H and O–H groups in total. The predicted molar refractivity (Wildman–Crippen MR) is 68.1 cm³/mol. The molecule has 1 aliphatic heterocycles. The van der Waals surface area contributed by atoms with Crippen molar-refractivity contribution in [2.24, 2.45) is 11.8 Å². The van der Waals surface area contributed by atoms with Crippen LogP contribution in [0.5, 0.6) is 0 Å². The standard InChI is InChI=1S/C13H25N3O/c1-10(9-13(17)15-14)16-8-4-7-12(16)11-5-2-3-6-11/h10-12H,2-9,14H2,1H3,(H,15,17). The van der Waals surface area contributed by atoms with Crippen LogP contribution in [0.3, 0.4) is 0 Å². The maximum atomic E-state index is 11.3. The average Bonchev–Trinajstić information content (AvgIpc) is 2.98. The monoisotopic (exact) mass is 239 g/mol. The highest BCUT2D eigenvalue weighted by Crippen LogP contribution is 2.36. The molecule has 1 amide bonds. The largest absolute Gasteiger partial charge is 0.297 e. The SMILES string of the molecule is CC(CC(=O)NN)N1CCCC1C1CCCC1. The third-order valence-corrected chi connectivity index (χ3v) is 4.49. The summed E-state index contributed by atoms with van der Waals surface area (Å²) >= 11 is 0. The maximum Gasteiger partial charge on any atom is 0.235 e. The average molecular weight is 239 g/mol. The van der Waals surface area contributed by atoms with Crippen molar-refractivity contribution in [2.75, 3.05) is 6.54 Å². The van der Waals surface area contributed by atoms with Crippen molar-refractivity contribution in [3.05, 3.63) is 0 Å². The van der Waals surface area contributed by atoms with Gasteiger partial charge in [0.25, 0.3) is 0 Å². The summed E-state index contributed by atoms with van der Waals surface area (Å²) in [6, 6.07) is 1.05. The molecule has 2 unspecified atom stereocenters. The molecule has 0 radical (unpaired) electrons. The van der Waals surface area contributed by atoms with Crippen LogP contribution in [0, 0.1) is 5.92 Å². The van der Waals surface area contributed by atoms with Crippen LogP contribution in [-0.2, 0) is 4.79 Å². The Labute approximate surface area is 104 Å². The Morgan fingerprint density at radius 2 is 2.06 bits per heavy atom. The van der Waals surface area contributed by atoms with Gasteiger partial charge in [0, 0.05) is 18.5 Å². The van der Waals surface area contributed by atoms with Crippen molar-refractivity contribution in [2.45, 2.75) is 64.0 Å². The molecule has 2 rings (SSSR count). The number of carbonyl (C=O) groups is 1. The Hall–Kier alpha value is -0.610. The van der Waals surface area contributed by atoms with Gasteiger partial charge in [0.15, 0.2) is 0 Å². The lowest BCUT2D eigenvalue weighted by atomic mass is 9.95. The lowest BCUT2D eigenvalue weighted by Crippen LogP contribution is -2.44. The second-order valence-corrected chi connectivity index (χ2v) is 5.61. The van der Waals surface area contributed by atoms with E-state index < -0.39 is 0 Å². The van der Waals surface area contributed by atoms with Crippen LogP contribution in [0.1, 0.15) is 51.9 Å². The molecule has 1 saturated carbocycles. The van der Waals surface area contributed by atoms with Gasteiger partial charge in [-0.1, -0.05) is 12.8 Å². The number of likely N-dealkylation sites (tertiary alicyclic amines) is 1. The van der Waals surface area contributed by atoms with E-state index in [2.05, 4.69) is 17.2 Å². The normalized spacial score (nSPS) is 28.5. The Kier molecular flexibility index (Phi) is 4.40. The zero-order valence-electron chi connectivity index (χ0n) is 10.8. The van der Waals surface area contributed by atoms with Crippen LogP contribution in [0.25, 0.3) is 0 Å². The number of carbonyl (C=O) groups excluding carboxylic acids is 1. The Morgan fingerprint density at radius 3 is 2.71 bits per heavy atom. The van der Waals surface area contributed by atoms with Gasteiger partial charge in [-0.2, -0.15) is 0 Å². The van der Waals surface area contributed by atoms with Gasteiger partial charge in [-0.15, -0.1) is 0 Å². The first-order valence-corrected chi connectivity index (χ1v) is 6.97. The molecule has 2 atom stereocenters. The summed E-state index contributed by atoms with van der Waals surface area (Å²) in [6.07, 6.45) is 8.70. The van der Waals surface area contributed by atoms with Crippen molar-refractivity contribution in [3.8, 4) is 0 Å². The zero-order valence-corrected chi connectivity index (χ0v) is 10.8. The molecule has 0 aromatic carbocycles. The summed E-state index contributed by atoms with van der Waals surface area (Å²) in [6.45, 7) is 3.31. The summed E-state index contributed by atoms with van der Waals surface area (Å²) in [5.41, 5.74) is 2.24. The quantitative estimate of drug-likeness (QED) is 0.443. The third-order valence-electron chi connectivity index (χ3n) is 4.49. The minimum Gasteiger partial charge on any atom is -0.297 e. The van der Waals surface area contributed by atoms with Crippen molar-refractivity contribution in [1.29, 1.82) is 0 Å². The molecule has 0 spiro atoms. The molecule has 4 nitrogen and oxygen atoms in total. The molecule has 0 aromatic rings. The molecule has 1 saturated heterocycles. The van der Waals surface area contributed by atoms with Gasteiger partial charge in [-0.3, -0.25) is 15.1 Å². The van der Waals surface area contributed by atoms with E-state index in [0.29, 0.717) is 12.5 Å². The fourth-order valence-corrected chi connectivity index (χ4v) is 3.66. The summed E-state index contributed by atoms with van der Waals surface area (Å²) in [5.74, 6) is 5.99. The molecular formula is C13H25N3O.